The lowest BCUT2D eigenvalue weighted by molar-refractivity contribution is 0.232. The fourth-order valence-electron chi connectivity index (χ4n) is 3.02. The summed E-state index contributed by atoms with van der Waals surface area (Å²) in [4.78, 5) is 9.30. The van der Waals surface area contributed by atoms with Gasteiger partial charge in [-0.3, -0.25) is 4.90 Å². The number of nitrogens with two attached hydrogens (primary N) is 1. The van der Waals surface area contributed by atoms with Gasteiger partial charge in [0.05, 0.1) is 0 Å². The predicted molar refractivity (Wildman–Crippen MR) is 82.0 cm³/mol. The number of nitrogens with zero attached hydrogens (tertiary/aromatic N) is 3. The van der Waals surface area contributed by atoms with Crippen molar-refractivity contribution in [1.29, 1.82) is 0 Å². The van der Waals surface area contributed by atoms with Crippen LogP contribution in [0.2, 0.25) is 0 Å². The number of fused-ring (bicyclic) bond motifs is 1. The first-order valence-electron chi connectivity index (χ1n) is 7.36. The normalized spacial score (nSPS) is 19.4. The third-order valence-electron chi connectivity index (χ3n) is 4.16. The number of aromatic nitrogens is 1. The Balaban J connectivity index is 1.79. The lowest BCUT2D eigenvalue weighted by Crippen LogP contribution is -2.37. The standard InChI is InChI=1S/C15H22N4O/c1-3-18(4-2)12-7-8-19(10-12)15-17-13-9-11(16)5-6-14(13)20-15/h5-6,9,12H,3-4,7-8,10,16H2,1-2H3. The Morgan fingerprint density at radius 3 is 2.95 bits per heavy atom. The van der Waals surface area contributed by atoms with Crippen molar-refractivity contribution in [1.82, 2.24) is 9.88 Å². The molecule has 2 aromatic rings. The zero-order valence-corrected chi connectivity index (χ0v) is 12.2. The van der Waals surface area contributed by atoms with Crippen molar-refractivity contribution in [2.75, 3.05) is 36.8 Å². The molecule has 2 heterocycles. The Morgan fingerprint density at radius 2 is 2.20 bits per heavy atom. The molecule has 0 amide bonds. The van der Waals surface area contributed by atoms with Crippen LogP contribution in [0.5, 0.6) is 0 Å². The Hall–Kier alpha value is -1.75. The van der Waals surface area contributed by atoms with Crippen LogP contribution in [0.4, 0.5) is 11.7 Å². The second-order valence-corrected chi connectivity index (χ2v) is 5.33. The molecule has 5 nitrogen and oxygen atoms in total. The molecule has 2 N–H and O–H groups in total. The van der Waals surface area contributed by atoms with Crippen LogP contribution in [-0.4, -0.2) is 42.1 Å². The van der Waals surface area contributed by atoms with E-state index in [-0.39, 0.29) is 0 Å². The van der Waals surface area contributed by atoms with Crippen LogP contribution < -0.4 is 10.6 Å². The summed E-state index contributed by atoms with van der Waals surface area (Å²) in [5.41, 5.74) is 8.15. The predicted octanol–water partition coefficient (Wildman–Crippen LogP) is 2.33. The quantitative estimate of drug-likeness (QED) is 0.867. The van der Waals surface area contributed by atoms with Gasteiger partial charge in [-0.05, 0) is 37.7 Å². The minimum atomic E-state index is 0.602. The highest BCUT2D eigenvalue weighted by atomic mass is 16.4. The lowest BCUT2D eigenvalue weighted by Gasteiger charge is -2.25. The molecule has 20 heavy (non-hydrogen) atoms. The molecule has 1 saturated heterocycles. The summed E-state index contributed by atoms with van der Waals surface area (Å²) in [6.45, 7) is 8.62. The third kappa shape index (κ3) is 2.33. The van der Waals surface area contributed by atoms with Crippen molar-refractivity contribution < 1.29 is 4.42 Å². The van der Waals surface area contributed by atoms with Gasteiger partial charge in [0.1, 0.15) is 5.52 Å². The Labute approximate surface area is 119 Å². The number of hydrogen-bond donors (Lipinski definition) is 1. The van der Waals surface area contributed by atoms with Crippen molar-refractivity contribution in [3.63, 3.8) is 0 Å². The van der Waals surface area contributed by atoms with E-state index in [0.29, 0.717) is 6.04 Å². The highest BCUT2D eigenvalue weighted by Crippen LogP contribution is 2.27. The van der Waals surface area contributed by atoms with Crippen LogP contribution in [0.25, 0.3) is 11.1 Å². The van der Waals surface area contributed by atoms with E-state index in [1.54, 1.807) is 0 Å². The second kappa shape index (κ2) is 5.32. The minimum Gasteiger partial charge on any atom is -0.423 e. The number of benzene rings is 1. The summed E-state index contributed by atoms with van der Waals surface area (Å²) < 4.78 is 5.84. The van der Waals surface area contributed by atoms with E-state index in [1.807, 2.05) is 18.2 Å². The van der Waals surface area contributed by atoms with Gasteiger partial charge in [0.15, 0.2) is 5.58 Å². The zero-order valence-electron chi connectivity index (χ0n) is 12.2. The van der Waals surface area contributed by atoms with E-state index >= 15 is 0 Å². The Bertz CT molecular complexity index is 591. The van der Waals surface area contributed by atoms with Crippen LogP contribution in [-0.2, 0) is 0 Å². The molecule has 0 radical (unpaired) electrons. The van der Waals surface area contributed by atoms with Gasteiger partial charge >= 0.3 is 0 Å². The van der Waals surface area contributed by atoms with Crippen LogP contribution in [0.3, 0.4) is 0 Å². The second-order valence-electron chi connectivity index (χ2n) is 5.33. The molecule has 1 unspecified atom stereocenters. The highest BCUT2D eigenvalue weighted by molar-refractivity contribution is 5.78. The van der Waals surface area contributed by atoms with Crippen LogP contribution in [0.15, 0.2) is 22.6 Å². The molecule has 108 valence electrons. The number of rotatable bonds is 4. The number of hydrogen-bond acceptors (Lipinski definition) is 5. The van der Waals surface area contributed by atoms with Gasteiger partial charge in [-0.2, -0.15) is 4.98 Å². The first kappa shape index (κ1) is 13.2. The first-order valence-corrected chi connectivity index (χ1v) is 7.36. The molecule has 0 spiro atoms. The molecule has 0 bridgehead atoms. The largest absolute Gasteiger partial charge is 0.423 e. The molecule has 5 heteroatoms. The van der Waals surface area contributed by atoms with Gasteiger partial charge in [-0.15, -0.1) is 0 Å². The van der Waals surface area contributed by atoms with E-state index in [0.717, 1.165) is 49.0 Å². The summed E-state index contributed by atoms with van der Waals surface area (Å²) >= 11 is 0. The molecular weight excluding hydrogens is 252 g/mol. The fraction of sp³-hybridized carbons (Fsp3) is 0.533. The average Bonchev–Trinajstić information content (AvgIpc) is 3.06. The molecule has 0 saturated carbocycles. The van der Waals surface area contributed by atoms with Gasteiger partial charge < -0.3 is 15.1 Å². The van der Waals surface area contributed by atoms with Gasteiger partial charge in [0.2, 0.25) is 0 Å². The maximum Gasteiger partial charge on any atom is 0.298 e. The number of likely N-dealkylation sites (N-methyl/N-ethyl adjacent to an activating group) is 1. The minimum absolute atomic E-state index is 0.602. The third-order valence-corrected chi connectivity index (χ3v) is 4.16. The van der Waals surface area contributed by atoms with E-state index in [2.05, 4.69) is 28.6 Å². The summed E-state index contributed by atoms with van der Waals surface area (Å²) in [6, 6.07) is 6.92. The summed E-state index contributed by atoms with van der Waals surface area (Å²) in [5, 5.41) is 0. The monoisotopic (exact) mass is 274 g/mol. The topological polar surface area (TPSA) is 58.5 Å². The van der Waals surface area contributed by atoms with Crippen molar-refractivity contribution in [3.05, 3.63) is 18.2 Å². The molecule has 1 fully saturated rings. The van der Waals surface area contributed by atoms with E-state index in [9.17, 15) is 0 Å². The van der Waals surface area contributed by atoms with Gasteiger partial charge in [0.25, 0.3) is 6.01 Å². The summed E-state index contributed by atoms with van der Waals surface area (Å²) in [6.07, 6.45) is 1.17. The maximum absolute atomic E-state index is 5.84. The van der Waals surface area contributed by atoms with E-state index < -0.39 is 0 Å². The van der Waals surface area contributed by atoms with Gasteiger partial charge in [0, 0.05) is 24.8 Å². The molecular formula is C15H22N4O. The number of nitrogen functional groups attached to an aromatic ring is 1. The molecule has 1 aliphatic rings. The molecule has 3 rings (SSSR count). The van der Waals surface area contributed by atoms with Gasteiger partial charge in [-0.25, -0.2) is 0 Å². The molecule has 1 aromatic heterocycles. The smallest absolute Gasteiger partial charge is 0.298 e. The van der Waals surface area contributed by atoms with Crippen molar-refractivity contribution >= 4 is 22.8 Å². The van der Waals surface area contributed by atoms with E-state index in [1.165, 1.54) is 6.42 Å². The van der Waals surface area contributed by atoms with Crippen LogP contribution in [0, 0.1) is 0 Å². The molecule has 1 aromatic carbocycles. The Kier molecular flexibility index (Phi) is 3.53. The number of oxazole rings is 1. The molecule has 1 atom stereocenters. The van der Waals surface area contributed by atoms with Crippen LogP contribution >= 0.6 is 0 Å². The Morgan fingerprint density at radius 1 is 1.40 bits per heavy atom. The van der Waals surface area contributed by atoms with Crippen molar-refractivity contribution in [3.8, 4) is 0 Å². The summed E-state index contributed by atoms with van der Waals surface area (Å²) in [5.74, 6) is 0. The summed E-state index contributed by atoms with van der Waals surface area (Å²) in [7, 11) is 0. The lowest BCUT2D eigenvalue weighted by atomic mass is 10.2. The fourth-order valence-corrected chi connectivity index (χ4v) is 3.02. The average molecular weight is 274 g/mol. The SMILES string of the molecule is CCN(CC)C1CCN(c2nc3cc(N)ccc3o2)C1. The molecule has 0 aliphatic carbocycles. The van der Waals surface area contributed by atoms with Crippen molar-refractivity contribution in [2.24, 2.45) is 0 Å². The number of anilines is 2. The van der Waals surface area contributed by atoms with Crippen molar-refractivity contribution in [2.45, 2.75) is 26.3 Å². The van der Waals surface area contributed by atoms with E-state index in [4.69, 9.17) is 10.2 Å². The molecule has 1 aliphatic heterocycles. The van der Waals surface area contributed by atoms with Crippen LogP contribution in [0.1, 0.15) is 20.3 Å². The van der Waals surface area contributed by atoms with Gasteiger partial charge in [-0.1, -0.05) is 13.8 Å². The highest BCUT2D eigenvalue weighted by Gasteiger charge is 2.28. The first-order chi connectivity index (χ1) is 9.71. The maximum atomic E-state index is 5.84. The zero-order chi connectivity index (χ0) is 14.1.